The molecule has 4 rings (SSSR count). The van der Waals surface area contributed by atoms with Gasteiger partial charge in [-0.15, -0.1) is 0 Å². The van der Waals surface area contributed by atoms with Crippen LogP contribution < -0.4 is 9.80 Å². The van der Waals surface area contributed by atoms with Gasteiger partial charge in [0.05, 0.1) is 0 Å². The first-order valence-corrected chi connectivity index (χ1v) is 9.36. The summed E-state index contributed by atoms with van der Waals surface area (Å²) in [5, 5.41) is 0. The first-order valence-electron chi connectivity index (χ1n) is 9.36. The average molecular weight is 335 g/mol. The molecular formula is C21H25N3O. The lowest BCUT2D eigenvalue weighted by Gasteiger charge is -2.25. The van der Waals surface area contributed by atoms with E-state index in [2.05, 4.69) is 22.9 Å². The molecule has 1 fully saturated rings. The van der Waals surface area contributed by atoms with Crippen LogP contribution in [0.15, 0.2) is 42.6 Å². The Labute approximate surface area is 149 Å². The molecule has 3 heterocycles. The van der Waals surface area contributed by atoms with E-state index in [9.17, 15) is 4.79 Å². The Morgan fingerprint density at radius 2 is 1.84 bits per heavy atom. The van der Waals surface area contributed by atoms with Crippen molar-refractivity contribution in [3.8, 4) is 0 Å². The number of nitrogens with zero attached hydrogens (tertiary/aromatic N) is 3. The summed E-state index contributed by atoms with van der Waals surface area (Å²) in [7, 11) is 0. The van der Waals surface area contributed by atoms with Crippen molar-refractivity contribution >= 4 is 17.3 Å². The van der Waals surface area contributed by atoms with Crippen LogP contribution in [0.1, 0.15) is 48.7 Å². The maximum atomic E-state index is 13.2. The maximum Gasteiger partial charge on any atom is 0.277 e. The Morgan fingerprint density at radius 1 is 1.08 bits per heavy atom. The summed E-state index contributed by atoms with van der Waals surface area (Å²) >= 11 is 0. The molecule has 0 spiro atoms. The summed E-state index contributed by atoms with van der Waals surface area (Å²) < 4.78 is 0. The van der Waals surface area contributed by atoms with Gasteiger partial charge in [-0.05, 0) is 49.9 Å². The van der Waals surface area contributed by atoms with Gasteiger partial charge in [-0.1, -0.05) is 31.0 Å². The van der Waals surface area contributed by atoms with Crippen LogP contribution in [0.25, 0.3) is 0 Å². The van der Waals surface area contributed by atoms with Gasteiger partial charge in [0.2, 0.25) is 0 Å². The van der Waals surface area contributed by atoms with E-state index in [1.165, 1.54) is 31.2 Å². The van der Waals surface area contributed by atoms with Crippen molar-refractivity contribution in [2.45, 2.75) is 45.1 Å². The molecule has 1 amide bonds. The van der Waals surface area contributed by atoms with Crippen molar-refractivity contribution < 1.29 is 4.79 Å². The highest BCUT2D eigenvalue weighted by Gasteiger charge is 2.32. The number of hydrogen-bond donors (Lipinski definition) is 0. The molecule has 1 aromatic carbocycles. The van der Waals surface area contributed by atoms with Crippen LogP contribution in [0, 0.1) is 0 Å². The number of carbonyl (C=O) groups is 1. The average Bonchev–Trinajstić information content (AvgIpc) is 2.81. The van der Waals surface area contributed by atoms with Crippen molar-refractivity contribution in [1.82, 2.24) is 4.98 Å². The van der Waals surface area contributed by atoms with Gasteiger partial charge >= 0.3 is 0 Å². The van der Waals surface area contributed by atoms with E-state index in [0.29, 0.717) is 5.69 Å². The van der Waals surface area contributed by atoms with Gasteiger partial charge in [0.15, 0.2) is 0 Å². The number of fused-ring (bicyclic) bond motifs is 1. The number of aromatic nitrogens is 1. The summed E-state index contributed by atoms with van der Waals surface area (Å²) in [5.74, 6) is 0.00845. The summed E-state index contributed by atoms with van der Waals surface area (Å²) in [6, 6.07) is 12.4. The fourth-order valence-corrected chi connectivity index (χ4v) is 4.06. The lowest BCUT2D eigenvalue weighted by molar-refractivity contribution is 0.0976. The molecule has 0 radical (unpaired) electrons. The molecule has 0 aliphatic carbocycles. The Morgan fingerprint density at radius 3 is 2.64 bits per heavy atom. The molecule has 2 aliphatic rings. The second-order valence-corrected chi connectivity index (χ2v) is 7.16. The molecule has 1 unspecified atom stereocenters. The third-order valence-electron chi connectivity index (χ3n) is 5.36. The molecule has 130 valence electrons. The Hall–Kier alpha value is -2.36. The molecule has 0 saturated carbocycles. The number of amides is 1. The Kier molecular flexibility index (Phi) is 4.43. The summed E-state index contributed by atoms with van der Waals surface area (Å²) in [4.78, 5) is 21.9. The van der Waals surface area contributed by atoms with Crippen LogP contribution in [0.5, 0.6) is 0 Å². The zero-order chi connectivity index (χ0) is 17.2. The van der Waals surface area contributed by atoms with Gasteiger partial charge in [0.25, 0.3) is 5.91 Å². The number of hydrogen-bond acceptors (Lipinski definition) is 3. The van der Waals surface area contributed by atoms with Crippen molar-refractivity contribution in [2.75, 3.05) is 22.9 Å². The van der Waals surface area contributed by atoms with Gasteiger partial charge in [0, 0.05) is 36.7 Å². The van der Waals surface area contributed by atoms with Crippen molar-refractivity contribution in [2.24, 2.45) is 0 Å². The second kappa shape index (κ2) is 6.87. The second-order valence-electron chi connectivity index (χ2n) is 7.16. The highest BCUT2D eigenvalue weighted by atomic mass is 16.2. The number of para-hydroxylation sites is 1. The fraction of sp³-hybridized carbons (Fsp3) is 0.429. The summed E-state index contributed by atoms with van der Waals surface area (Å²) in [6.07, 6.45) is 7.74. The van der Waals surface area contributed by atoms with E-state index in [4.69, 9.17) is 0 Å². The third kappa shape index (κ3) is 3.13. The Bertz CT molecular complexity index is 765. The summed E-state index contributed by atoms with van der Waals surface area (Å²) in [6.45, 7) is 4.25. The van der Waals surface area contributed by atoms with Gasteiger partial charge in [-0.3, -0.25) is 9.78 Å². The lowest BCUT2D eigenvalue weighted by atomic mass is 10.1. The van der Waals surface area contributed by atoms with Gasteiger partial charge in [-0.25, -0.2) is 0 Å². The minimum Gasteiger partial charge on any atom is -0.371 e. The SMILES string of the molecule is CC1Cc2ccccc2N1C(=O)c1cc(N2CCCCCC2)ccn1. The molecule has 4 nitrogen and oxygen atoms in total. The Balaban J connectivity index is 1.61. The molecule has 1 aromatic heterocycles. The van der Waals surface area contributed by atoms with Crippen LogP contribution in [-0.2, 0) is 6.42 Å². The van der Waals surface area contributed by atoms with E-state index in [-0.39, 0.29) is 11.9 Å². The number of pyridine rings is 1. The molecule has 25 heavy (non-hydrogen) atoms. The molecule has 1 atom stereocenters. The first kappa shape index (κ1) is 16.1. The van der Waals surface area contributed by atoms with Crippen LogP contribution in [-0.4, -0.2) is 30.0 Å². The standard InChI is InChI=1S/C21H25N3O/c1-16-14-17-8-4-5-9-20(17)24(16)21(25)19-15-18(10-11-22-19)23-12-6-2-3-7-13-23/h4-5,8-11,15-16H,2-3,6-7,12-14H2,1H3. The van der Waals surface area contributed by atoms with E-state index in [1.54, 1.807) is 6.20 Å². The third-order valence-corrected chi connectivity index (χ3v) is 5.36. The minimum absolute atomic E-state index is 0.00845. The molecular weight excluding hydrogens is 310 g/mol. The quantitative estimate of drug-likeness (QED) is 0.830. The van der Waals surface area contributed by atoms with E-state index in [1.807, 2.05) is 35.2 Å². The smallest absolute Gasteiger partial charge is 0.277 e. The fourth-order valence-electron chi connectivity index (χ4n) is 4.06. The lowest BCUT2D eigenvalue weighted by Crippen LogP contribution is -2.36. The normalized spacial score (nSPS) is 20.3. The maximum absolute atomic E-state index is 13.2. The zero-order valence-corrected chi connectivity index (χ0v) is 14.8. The van der Waals surface area contributed by atoms with Crippen LogP contribution in [0.4, 0.5) is 11.4 Å². The highest BCUT2D eigenvalue weighted by Crippen LogP contribution is 2.33. The molecule has 0 bridgehead atoms. The molecule has 4 heteroatoms. The predicted molar refractivity (Wildman–Crippen MR) is 101 cm³/mol. The van der Waals surface area contributed by atoms with Gasteiger partial charge in [-0.2, -0.15) is 0 Å². The monoisotopic (exact) mass is 335 g/mol. The number of anilines is 2. The topological polar surface area (TPSA) is 36.4 Å². The molecule has 1 saturated heterocycles. The highest BCUT2D eigenvalue weighted by molar-refractivity contribution is 6.07. The van der Waals surface area contributed by atoms with Crippen LogP contribution in [0.3, 0.4) is 0 Å². The largest absolute Gasteiger partial charge is 0.371 e. The van der Waals surface area contributed by atoms with E-state index < -0.39 is 0 Å². The predicted octanol–water partition coefficient (Wildman–Crippen LogP) is 4.05. The van der Waals surface area contributed by atoms with E-state index >= 15 is 0 Å². The van der Waals surface area contributed by atoms with Crippen molar-refractivity contribution in [3.63, 3.8) is 0 Å². The molecule has 2 aliphatic heterocycles. The molecule has 2 aromatic rings. The number of benzene rings is 1. The van der Waals surface area contributed by atoms with Crippen molar-refractivity contribution in [3.05, 3.63) is 53.9 Å². The van der Waals surface area contributed by atoms with Gasteiger partial charge in [0.1, 0.15) is 5.69 Å². The molecule has 0 N–H and O–H groups in total. The van der Waals surface area contributed by atoms with Crippen LogP contribution >= 0.6 is 0 Å². The summed E-state index contributed by atoms with van der Waals surface area (Å²) in [5.41, 5.74) is 3.94. The van der Waals surface area contributed by atoms with Crippen LogP contribution in [0.2, 0.25) is 0 Å². The van der Waals surface area contributed by atoms with Gasteiger partial charge < -0.3 is 9.80 Å². The van der Waals surface area contributed by atoms with E-state index in [0.717, 1.165) is 30.9 Å². The number of rotatable bonds is 2. The first-order chi connectivity index (χ1) is 12.2. The zero-order valence-electron chi connectivity index (χ0n) is 14.8. The van der Waals surface area contributed by atoms with Crippen molar-refractivity contribution in [1.29, 1.82) is 0 Å². The minimum atomic E-state index is 0.00845. The number of carbonyl (C=O) groups excluding carboxylic acids is 1.